The summed E-state index contributed by atoms with van der Waals surface area (Å²) in [6.07, 6.45) is 2.37. The molecule has 1 heterocycles. The number of carboxylic acids is 1. The van der Waals surface area contributed by atoms with E-state index in [1.54, 1.807) is 0 Å². The number of likely N-dealkylation sites (tertiary alicyclic amines) is 1. The van der Waals surface area contributed by atoms with Gasteiger partial charge in [0.2, 0.25) is 11.8 Å². The molecule has 6 heteroatoms. The maximum Gasteiger partial charge on any atom is 0.303 e. The summed E-state index contributed by atoms with van der Waals surface area (Å²) in [5, 5.41) is 11.4. The lowest BCUT2D eigenvalue weighted by atomic mass is 9.85. The van der Waals surface area contributed by atoms with Gasteiger partial charge < -0.3 is 15.3 Å². The van der Waals surface area contributed by atoms with Gasteiger partial charge in [-0.25, -0.2) is 0 Å². The third-order valence-corrected chi connectivity index (χ3v) is 4.05. The molecular formula is C16H28N2O4. The Hall–Kier alpha value is -1.59. The van der Waals surface area contributed by atoms with Gasteiger partial charge in [-0.3, -0.25) is 14.4 Å². The molecule has 1 aliphatic rings. The predicted molar refractivity (Wildman–Crippen MR) is 83.3 cm³/mol. The number of hydrogen-bond donors (Lipinski definition) is 2. The van der Waals surface area contributed by atoms with Crippen LogP contribution in [0.25, 0.3) is 0 Å². The summed E-state index contributed by atoms with van der Waals surface area (Å²) in [7, 11) is 0. The van der Waals surface area contributed by atoms with Crippen molar-refractivity contribution in [2.75, 3.05) is 6.54 Å². The zero-order valence-electron chi connectivity index (χ0n) is 14.0. The van der Waals surface area contributed by atoms with Crippen LogP contribution in [0.2, 0.25) is 0 Å². The summed E-state index contributed by atoms with van der Waals surface area (Å²) in [5.74, 6) is -1.22. The molecule has 2 N–H and O–H groups in total. The highest BCUT2D eigenvalue weighted by atomic mass is 16.4. The number of amides is 2. The Morgan fingerprint density at radius 3 is 2.36 bits per heavy atom. The van der Waals surface area contributed by atoms with Crippen molar-refractivity contribution in [2.24, 2.45) is 5.41 Å². The lowest BCUT2D eigenvalue weighted by Crippen LogP contribution is -2.55. The monoisotopic (exact) mass is 312 g/mol. The van der Waals surface area contributed by atoms with Gasteiger partial charge in [-0.05, 0) is 31.6 Å². The van der Waals surface area contributed by atoms with E-state index in [0.717, 1.165) is 19.4 Å². The Morgan fingerprint density at radius 2 is 1.91 bits per heavy atom. The number of rotatable bonds is 6. The van der Waals surface area contributed by atoms with Crippen molar-refractivity contribution in [1.29, 1.82) is 0 Å². The van der Waals surface area contributed by atoms with Crippen LogP contribution < -0.4 is 5.32 Å². The molecule has 0 unspecified atom stereocenters. The van der Waals surface area contributed by atoms with Crippen molar-refractivity contribution in [3.05, 3.63) is 0 Å². The van der Waals surface area contributed by atoms with E-state index in [-0.39, 0.29) is 42.5 Å². The fourth-order valence-electron chi connectivity index (χ4n) is 2.71. The fraction of sp³-hybridized carbons (Fsp3) is 0.812. The van der Waals surface area contributed by atoms with Crippen molar-refractivity contribution >= 4 is 17.8 Å². The highest BCUT2D eigenvalue weighted by Gasteiger charge is 2.38. The van der Waals surface area contributed by atoms with Crippen LogP contribution in [0.5, 0.6) is 0 Å². The van der Waals surface area contributed by atoms with E-state index in [1.165, 1.54) is 0 Å². The molecular weight excluding hydrogens is 284 g/mol. The maximum absolute atomic E-state index is 12.7. The van der Waals surface area contributed by atoms with E-state index >= 15 is 0 Å². The van der Waals surface area contributed by atoms with Crippen LogP contribution in [-0.2, 0) is 14.4 Å². The van der Waals surface area contributed by atoms with Crippen LogP contribution in [0, 0.1) is 5.41 Å². The lowest BCUT2D eigenvalue weighted by molar-refractivity contribution is -0.140. The molecule has 0 bridgehead atoms. The summed E-state index contributed by atoms with van der Waals surface area (Å²) in [5.41, 5.74) is -0.387. The van der Waals surface area contributed by atoms with Gasteiger partial charge in [-0.15, -0.1) is 0 Å². The molecule has 1 aliphatic heterocycles. The quantitative estimate of drug-likeness (QED) is 0.783. The van der Waals surface area contributed by atoms with E-state index in [2.05, 4.69) is 5.32 Å². The molecule has 1 saturated heterocycles. The van der Waals surface area contributed by atoms with Gasteiger partial charge in [0.25, 0.3) is 0 Å². The van der Waals surface area contributed by atoms with Crippen molar-refractivity contribution < 1.29 is 19.5 Å². The largest absolute Gasteiger partial charge is 0.481 e. The van der Waals surface area contributed by atoms with Crippen LogP contribution in [0.15, 0.2) is 0 Å². The minimum absolute atomic E-state index is 0.0370. The molecule has 126 valence electrons. The second kappa shape index (κ2) is 7.61. The number of nitrogens with one attached hydrogen (secondary N) is 1. The molecule has 0 aliphatic carbocycles. The standard InChI is InChI=1S/C16H28N2O4/c1-11-7-6-10-18(11)15(22)14(16(2,3)4)17-12(19)8-5-9-13(20)21/h11,14H,5-10H2,1-4H3,(H,17,19)(H,20,21)/t11-,14-/m1/s1. The topological polar surface area (TPSA) is 86.7 Å². The molecule has 1 rings (SSSR count). The Kier molecular flexibility index (Phi) is 6.38. The first-order valence-corrected chi connectivity index (χ1v) is 7.94. The lowest BCUT2D eigenvalue weighted by Gasteiger charge is -2.35. The highest BCUT2D eigenvalue weighted by molar-refractivity contribution is 5.88. The van der Waals surface area contributed by atoms with Crippen LogP contribution in [0.3, 0.4) is 0 Å². The van der Waals surface area contributed by atoms with Crippen molar-refractivity contribution in [3.63, 3.8) is 0 Å². The van der Waals surface area contributed by atoms with E-state index in [9.17, 15) is 14.4 Å². The molecule has 0 radical (unpaired) electrons. The Bertz CT molecular complexity index is 428. The molecule has 2 amide bonds. The van der Waals surface area contributed by atoms with Crippen LogP contribution in [0.4, 0.5) is 0 Å². The summed E-state index contributed by atoms with van der Waals surface area (Å²) < 4.78 is 0. The first-order valence-electron chi connectivity index (χ1n) is 7.94. The zero-order chi connectivity index (χ0) is 16.9. The first kappa shape index (κ1) is 18.5. The Morgan fingerprint density at radius 1 is 1.27 bits per heavy atom. The van der Waals surface area contributed by atoms with Gasteiger partial charge in [-0.1, -0.05) is 20.8 Å². The molecule has 1 fully saturated rings. The minimum Gasteiger partial charge on any atom is -0.481 e. The average molecular weight is 312 g/mol. The number of hydrogen-bond acceptors (Lipinski definition) is 3. The predicted octanol–water partition coefficient (Wildman–Crippen LogP) is 1.78. The van der Waals surface area contributed by atoms with E-state index < -0.39 is 12.0 Å². The van der Waals surface area contributed by atoms with Gasteiger partial charge in [0.1, 0.15) is 6.04 Å². The van der Waals surface area contributed by atoms with Gasteiger partial charge in [0.05, 0.1) is 0 Å². The van der Waals surface area contributed by atoms with Gasteiger partial charge in [0, 0.05) is 25.4 Å². The number of carboxylic acid groups (broad SMARTS) is 1. The second-order valence-electron chi connectivity index (χ2n) is 7.14. The van der Waals surface area contributed by atoms with Gasteiger partial charge in [-0.2, -0.15) is 0 Å². The summed E-state index contributed by atoms with van der Waals surface area (Å²) >= 11 is 0. The molecule has 2 atom stereocenters. The average Bonchev–Trinajstić information content (AvgIpc) is 2.79. The Labute approximate surface area is 132 Å². The Balaban J connectivity index is 2.67. The normalized spacial score (nSPS) is 19.8. The number of aliphatic carboxylic acids is 1. The first-order chi connectivity index (χ1) is 10.1. The van der Waals surface area contributed by atoms with Gasteiger partial charge >= 0.3 is 5.97 Å². The number of carbonyl (C=O) groups is 3. The second-order valence-corrected chi connectivity index (χ2v) is 7.14. The SMILES string of the molecule is C[C@@H]1CCCN1C(=O)[C@@H](NC(=O)CCCC(=O)O)C(C)(C)C. The molecule has 0 spiro atoms. The molecule has 6 nitrogen and oxygen atoms in total. The number of carbonyl (C=O) groups excluding carboxylic acids is 2. The molecule has 0 aromatic carbocycles. The van der Waals surface area contributed by atoms with Gasteiger partial charge in [0.15, 0.2) is 0 Å². The number of nitrogens with zero attached hydrogens (tertiary/aromatic N) is 1. The van der Waals surface area contributed by atoms with Crippen LogP contribution in [-0.4, -0.2) is 46.4 Å². The molecule has 0 aromatic rings. The third-order valence-electron chi connectivity index (χ3n) is 4.05. The maximum atomic E-state index is 12.7. The van der Waals surface area contributed by atoms with Crippen molar-refractivity contribution in [3.8, 4) is 0 Å². The minimum atomic E-state index is -0.915. The zero-order valence-corrected chi connectivity index (χ0v) is 14.0. The molecule has 22 heavy (non-hydrogen) atoms. The van der Waals surface area contributed by atoms with Crippen molar-refractivity contribution in [2.45, 2.75) is 71.9 Å². The van der Waals surface area contributed by atoms with Crippen LogP contribution in [0.1, 0.15) is 59.8 Å². The highest BCUT2D eigenvalue weighted by Crippen LogP contribution is 2.25. The van der Waals surface area contributed by atoms with Crippen LogP contribution >= 0.6 is 0 Å². The molecule has 0 saturated carbocycles. The smallest absolute Gasteiger partial charge is 0.303 e. The third kappa shape index (κ3) is 5.31. The van der Waals surface area contributed by atoms with E-state index in [4.69, 9.17) is 5.11 Å². The van der Waals surface area contributed by atoms with Crippen molar-refractivity contribution in [1.82, 2.24) is 10.2 Å². The summed E-state index contributed by atoms with van der Waals surface area (Å²) in [6, 6.07) is -0.369. The summed E-state index contributed by atoms with van der Waals surface area (Å²) in [6.45, 7) is 8.54. The summed E-state index contributed by atoms with van der Waals surface area (Å²) in [4.78, 5) is 37.1. The fourth-order valence-corrected chi connectivity index (χ4v) is 2.71. The molecule has 0 aromatic heterocycles. The van der Waals surface area contributed by atoms with E-state index in [0.29, 0.717) is 0 Å². The van der Waals surface area contributed by atoms with E-state index in [1.807, 2.05) is 32.6 Å².